The van der Waals surface area contributed by atoms with Gasteiger partial charge in [-0.25, -0.2) is 4.98 Å². The molecule has 0 bridgehead atoms. The molecule has 2 unspecified atom stereocenters. The molecule has 1 aromatic carbocycles. The number of hydrogen-bond acceptors (Lipinski definition) is 4. The number of para-hydroxylation sites is 1. The fourth-order valence-corrected chi connectivity index (χ4v) is 3.49. The van der Waals surface area contributed by atoms with Crippen molar-refractivity contribution in [2.75, 3.05) is 13.2 Å². The number of ether oxygens (including phenoxy) is 1. The summed E-state index contributed by atoms with van der Waals surface area (Å²) in [5.41, 5.74) is 1.11. The van der Waals surface area contributed by atoms with Gasteiger partial charge >= 0.3 is 0 Å². The van der Waals surface area contributed by atoms with Gasteiger partial charge < -0.3 is 10.1 Å². The molecule has 0 radical (unpaired) electrons. The number of nitrogens with one attached hydrogen (secondary N) is 1. The van der Waals surface area contributed by atoms with Gasteiger partial charge in [-0.15, -0.1) is 11.3 Å². The van der Waals surface area contributed by atoms with Crippen molar-refractivity contribution in [3.63, 3.8) is 0 Å². The molecule has 19 heavy (non-hydrogen) atoms. The highest BCUT2D eigenvalue weighted by atomic mass is 32.1. The number of nitrogens with zero attached hydrogens (tertiary/aromatic N) is 1. The molecular formula is C15H20N2OS. The van der Waals surface area contributed by atoms with Crippen molar-refractivity contribution in [1.29, 1.82) is 0 Å². The minimum absolute atomic E-state index is 0.318. The zero-order valence-electron chi connectivity index (χ0n) is 11.3. The molecule has 102 valence electrons. The summed E-state index contributed by atoms with van der Waals surface area (Å²) >= 11 is 1.78. The highest BCUT2D eigenvalue weighted by Gasteiger charge is 2.16. The first-order valence-electron chi connectivity index (χ1n) is 7.03. The molecule has 1 aliphatic heterocycles. The molecule has 0 amide bonds. The van der Waals surface area contributed by atoms with Crippen molar-refractivity contribution in [3.05, 3.63) is 29.3 Å². The van der Waals surface area contributed by atoms with Gasteiger partial charge in [-0.1, -0.05) is 12.1 Å². The molecule has 1 aromatic heterocycles. The van der Waals surface area contributed by atoms with E-state index in [4.69, 9.17) is 4.74 Å². The topological polar surface area (TPSA) is 34.1 Å². The van der Waals surface area contributed by atoms with E-state index in [9.17, 15) is 0 Å². The molecule has 1 saturated heterocycles. The van der Waals surface area contributed by atoms with Crippen LogP contribution in [0.1, 0.15) is 37.2 Å². The van der Waals surface area contributed by atoms with Crippen LogP contribution in [0.25, 0.3) is 10.2 Å². The number of fused-ring (bicyclic) bond motifs is 1. The number of aromatic nitrogens is 1. The van der Waals surface area contributed by atoms with Crippen molar-refractivity contribution < 1.29 is 4.74 Å². The molecule has 1 aliphatic rings. The molecular weight excluding hydrogens is 256 g/mol. The summed E-state index contributed by atoms with van der Waals surface area (Å²) in [7, 11) is 0. The molecule has 1 N–H and O–H groups in total. The van der Waals surface area contributed by atoms with Crippen molar-refractivity contribution in [3.8, 4) is 0 Å². The van der Waals surface area contributed by atoms with Gasteiger partial charge in [0.05, 0.1) is 22.4 Å². The standard InChI is InChI=1S/C15H20N2OS/c1-11(16-9-8-12-5-4-10-18-12)15-17-13-6-2-3-7-14(13)19-15/h2-3,6-7,11-12,16H,4-5,8-10H2,1H3. The summed E-state index contributed by atoms with van der Waals surface area (Å²) in [5, 5.41) is 4.73. The maximum atomic E-state index is 5.64. The summed E-state index contributed by atoms with van der Waals surface area (Å²) in [6.07, 6.45) is 4.01. The van der Waals surface area contributed by atoms with Crippen LogP contribution in [0.2, 0.25) is 0 Å². The van der Waals surface area contributed by atoms with Crippen LogP contribution in [0.5, 0.6) is 0 Å². The first-order valence-corrected chi connectivity index (χ1v) is 7.85. The smallest absolute Gasteiger partial charge is 0.111 e. The van der Waals surface area contributed by atoms with E-state index in [2.05, 4.69) is 35.4 Å². The maximum absolute atomic E-state index is 5.64. The Labute approximate surface area is 118 Å². The van der Waals surface area contributed by atoms with E-state index in [1.807, 2.05) is 6.07 Å². The Balaban J connectivity index is 1.55. The van der Waals surface area contributed by atoms with Crippen LogP contribution >= 0.6 is 11.3 Å². The minimum atomic E-state index is 0.318. The average Bonchev–Trinajstić information content (AvgIpc) is 3.07. The van der Waals surface area contributed by atoms with Crippen LogP contribution in [0, 0.1) is 0 Å². The van der Waals surface area contributed by atoms with E-state index in [0.29, 0.717) is 12.1 Å². The molecule has 3 nitrogen and oxygen atoms in total. The summed E-state index contributed by atoms with van der Waals surface area (Å²) in [5.74, 6) is 0. The van der Waals surface area contributed by atoms with Crippen LogP contribution in [0.4, 0.5) is 0 Å². The second-order valence-electron chi connectivity index (χ2n) is 5.12. The van der Waals surface area contributed by atoms with E-state index in [1.165, 1.54) is 22.5 Å². The van der Waals surface area contributed by atoms with E-state index in [-0.39, 0.29) is 0 Å². The Morgan fingerprint density at radius 3 is 3.16 bits per heavy atom. The highest BCUT2D eigenvalue weighted by Crippen LogP contribution is 2.26. The molecule has 2 atom stereocenters. The van der Waals surface area contributed by atoms with Crippen LogP contribution in [0.15, 0.2) is 24.3 Å². The first kappa shape index (κ1) is 13.0. The quantitative estimate of drug-likeness (QED) is 0.907. The Kier molecular flexibility index (Phi) is 4.11. The van der Waals surface area contributed by atoms with Gasteiger partial charge in [0.15, 0.2) is 0 Å². The van der Waals surface area contributed by atoms with Gasteiger partial charge in [-0.05, 0) is 44.9 Å². The molecule has 3 rings (SSSR count). The Hall–Kier alpha value is -0.970. The van der Waals surface area contributed by atoms with Gasteiger partial charge in [-0.2, -0.15) is 0 Å². The van der Waals surface area contributed by atoms with Gasteiger partial charge in [-0.3, -0.25) is 0 Å². The molecule has 0 spiro atoms. The largest absolute Gasteiger partial charge is 0.378 e. The van der Waals surface area contributed by atoms with Crippen molar-refractivity contribution in [2.24, 2.45) is 0 Å². The summed E-state index contributed by atoms with van der Waals surface area (Å²) in [4.78, 5) is 4.69. The summed E-state index contributed by atoms with van der Waals surface area (Å²) in [6, 6.07) is 8.64. The first-order chi connectivity index (χ1) is 9.33. The van der Waals surface area contributed by atoms with Crippen molar-refractivity contribution in [1.82, 2.24) is 10.3 Å². The maximum Gasteiger partial charge on any atom is 0.111 e. The van der Waals surface area contributed by atoms with E-state index in [1.54, 1.807) is 11.3 Å². The van der Waals surface area contributed by atoms with Crippen LogP contribution < -0.4 is 5.32 Å². The molecule has 2 heterocycles. The van der Waals surface area contributed by atoms with E-state index in [0.717, 1.165) is 25.1 Å². The molecule has 1 fully saturated rings. The third-order valence-corrected chi connectivity index (χ3v) is 4.84. The zero-order chi connectivity index (χ0) is 13.1. The van der Waals surface area contributed by atoms with Crippen molar-refractivity contribution in [2.45, 2.75) is 38.3 Å². The van der Waals surface area contributed by atoms with Gasteiger partial charge in [0, 0.05) is 6.61 Å². The summed E-state index contributed by atoms with van der Waals surface area (Å²) < 4.78 is 6.90. The van der Waals surface area contributed by atoms with Crippen LogP contribution in [-0.4, -0.2) is 24.2 Å². The Morgan fingerprint density at radius 2 is 2.37 bits per heavy atom. The highest BCUT2D eigenvalue weighted by molar-refractivity contribution is 7.18. The number of benzene rings is 1. The Morgan fingerprint density at radius 1 is 1.47 bits per heavy atom. The second-order valence-corrected chi connectivity index (χ2v) is 6.18. The van der Waals surface area contributed by atoms with Gasteiger partial charge in [0.2, 0.25) is 0 Å². The number of thiazole rings is 1. The van der Waals surface area contributed by atoms with Gasteiger partial charge in [0.1, 0.15) is 5.01 Å². The number of hydrogen-bond donors (Lipinski definition) is 1. The lowest BCUT2D eigenvalue weighted by Crippen LogP contribution is -2.23. The fraction of sp³-hybridized carbons (Fsp3) is 0.533. The third kappa shape index (κ3) is 3.14. The molecule has 0 saturated carbocycles. The lowest BCUT2D eigenvalue weighted by Gasteiger charge is -2.13. The van der Waals surface area contributed by atoms with E-state index < -0.39 is 0 Å². The monoisotopic (exact) mass is 276 g/mol. The molecule has 0 aliphatic carbocycles. The van der Waals surface area contributed by atoms with Gasteiger partial charge in [0.25, 0.3) is 0 Å². The second kappa shape index (κ2) is 5.99. The zero-order valence-corrected chi connectivity index (χ0v) is 12.1. The SMILES string of the molecule is CC(NCCC1CCCO1)c1nc2ccccc2s1. The lowest BCUT2D eigenvalue weighted by atomic mass is 10.2. The predicted molar refractivity (Wildman–Crippen MR) is 79.6 cm³/mol. The van der Waals surface area contributed by atoms with Crippen molar-refractivity contribution >= 4 is 21.6 Å². The molecule has 4 heteroatoms. The average molecular weight is 276 g/mol. The normalized spacial score (nSPS) is 21.0. The van der Waals surface area contributed by atoms with E-state index >= 15 is 0 Å². The Bertz CT molecular complexity index is 501. The fourth-order valence-electron chi connectivity index (χ4n) is 2.50. The lowest BCUT2D eigenvalue weighted by molar-refractivity contribution is 0.103. The van der Waals surface area contributed by atoms with Crippen LogP contribution in [-0.2, 0) is 4.74 Å². The third-order valence-electron chi connectivity index (χ3n) is 3.62. The number of rotatable bonds is 5. The predicted octanol–water partition coefficient (Wildman–Crippen LogP) is 3.52. The van der Waals surface area contributed by atoms with Crippen LogP contribution in [0.3, 0.4) is 0 Å². The summed E-state index contributed by atoms with van der Waals surface area (Å²) in [6.45, 7) is 4.13. The molecule has 2 aromatic rings. The minimum Gasteiger partial charge on any atom is -0.378 e.